The van der Waals surface area contributed by atoms with Crippen molar-refractivity contribution >= 4 is 62.3 Å². The lowest BCUT2D eigenvalue weighted by molar-refractivity contribution is -0.139. The lowest BCUT2D eigenvalue weighted by Crippen LogP contribution is -2.52. The van der Waals surface area contributed by atoms with E-state index in [1.807, 2.05) is 13.8 Å². The third-order valence-electron chi connectivity index (χ3n) is 6.62. The number of amides is 2. The Balaban J connectivity index is 2.08. The normalized spacial score (nSPS) is 12.9. The summed E-state index contributed by atoms with van der Waals surface area (Å²) in [7, 11) is -4.21. The Bertz CT molecular complexity index is 1450. The fourth-order valence-electron chi connectivity index (χ4n) is 3.99. The molecule has 0 fully saturated rings. The van der Waals surface area contributed by atoms with Crippen molar-refractivity contribution in [3.8, 4) is 0 Å². The third kappa shape index (κ3) is 7.49. The van der Waals surface area contributed by atoms with Gasteiger partial charge in [0.05, 0.1) is 10.6 Å². The molecule has 3 aromatic rings. The SMILES string of the molecule is CC[C@H](C)NC(=O)[C@@H](C)N(Cc1c(Cl)cccc1Cl)C(=O)CN(c1ccccc1C)S(=O)(=O)c1ccc(Cl)cc1. The summed E-state index contributed by atoms with van der Waals surface area (Å²) in [5.74, 6) is -0.988. The molecular weight excluding hydrogens is 593 g/mol. The van der Waals surface area contributed by atoms with Crippen LogP contribution >= 0.6 is 34.8 Å². The van der Waals surface area contributed by atoms with E-state index in [-0.39, 0.29) is 23.4 Å². The number of sulfonamides is 1. The molecule has 1 N–H and O–H groups in total. The van der Waals surface area contributed by atoms with E-state index in [4.69, 9.17) is 34.8 Å². The summed E-state index contributed by atoms with van der Waals surface area (Å²) in [4.78, 5) is 28.5. The zero-order valence-corrected chi connectivity index (χ0v) is 25.8. The molecule has 3 aromatic carbocycles. The molecule has 0 spiro atoms. The summed E-state index contributed by atoms with van der Waals surface area (Å²) >= 11 is 18.8. The molecular formula is C29H32Cl3N3O4S. The van der Waals surface area contributed by atoms with Gasteiger partial charge < -0.3 is 10.2 Å². The zero-order chi connectivity index (χ0) is 29.6. The molecule has 0 radical (unpaired) electrons. The van der Waals surface area contributed by atoms with Crippen LogP contribution in [-0.4, -0.2) is 43.8 Å². The number of halogens is 3. The molecule has 214 valence electrons. The van der Waals surface area contributed by atoms with Crippen LogP contribution in [0.15, 0.2) is 71.6 Å². The van der Waals surface area contributed by atoms with Crippen LogP contribution in [0.1, 0.15) is 38.3 Å². The number of nitrogens with zero attached hydrogens (tertiary/aromatic N) is 2. The summed E-state index contributed by atoms with van der Waals surface area (Å²) in [5, 5.41) is 3.92. The second-order valence-electron chi connectivity index (χ2n) is 9.47. The quantitative estimate of drug-likeness (QED) is 0.265. The van der Waals surface area contributed by atoms with Gasteiger partial charge in [-0.05, 0) is 75.2 Å². The molecule has 0 aliphatic carbocycles. The van der Waals surface area contributed by atoms with Crippen molar-refractivity contribution in [2.75, 3.05) is 10.8 Å². The predicted molar refractivity (Wildman–Crippen MR) is 162 cm³/mol. The molecule has 11 heteroatoms. The van der Waals surface area contributed by atoms with Crippen molar-refractivity contribution in [1.82, 2.24) is 10.2 Å². The highest BCUT2D eigenvalue weighted by atomic mass is 35.5. The Morgan fingerprint density at radius 1 is 0.900 bits per heavy atom. The number of carbonyl (C=O) groups excluding carboxylic acids is 2. The minimum absolute atomic E-state index is 0.0313. The highest BCUT2D eigenvalue weighted by Crippen LogP contribution is 2.30. The fourth-order valence-corrected chi connectivity index (χ4v) is 6.11. The maximum absolute atomic E-state index is 14.0. The molecule has 0 aromatic heterocycles. The van der Waals surface area contributed by atoms with E-state index in [1.54, 1.807) is 56.3 Å². The molecule has 2 amide bonds. The Labute approximate surface area is 251 Å². The van der Waals surface area contributed by atoms with E-state index < -0.39 is 28.5 Å². The number of hydrogen-bond donors (Lipinski definition) is 1. The minimum atomic E-state index is -4.21. The summed E-state index contributed by atoms with van der Waals surface area (Å²) < 4.78 is 28.8. The molecule has 7 nitrogen and oxygen atoms in total. The maximum Gasteiger partial charge on any atom is 0.264 e. The van der Waals surface area contributed by atoms with Crippen molar-refractivity contribution in [3.05, 3.63) is 92.9 Å². The largest absolute Gasteiger partial charge is 0.352 e. The van der Waals surface area contributed by atoms with E-state index in [0.717, 1.165) is 4.31 Å². The molecule has 2 atom stereocenters. The lowest BCUT2D eigenvalue weighted by Gasteiger charge is -2.33. The fraction of sp³-hybridized carbons (Fsp3) is 0.310. The number of aryl methyl sites for hydroxylation is 1. The van der Waals surface area contributed by atoms with Crippen LogP contribution in [0.3, 0.4) is 0 Å². The van der Waals surface area contributed by atoms with Gasteiger partial charge in [0.1, 0.15) is 12.6 Å². The van der Waals surface area contributed by atoms with Gasteiger partial charge in [-0.3, -0.25) is 13.9 Å². The topological polar surface area (TPSA) is 86.8 Å². The molecule has 0 unspecified atom stereocenters. The van der Waals surface area contributed by atoms with Gasteiger partial charge in [-0.1, -0.05) is 66.0 Å². The molecule has 0 heterocycles. The van der Waals surface area contributed by atoms with Crippen LogP contribution in [0.2, 0.25) is 15.1 Å². The van der Waals surface area contributed by atoms with Crippen molar-refractivity contribution in [2.45, 2.75) is 57.6 Å². The summed E-state index contributed by atoms with van der Waals surface area (Å²) in [5.41, 5.74) is 1.43. The first kappa shape index (κ1) is 31.7. The van der Waals surface area contributed by atoms with Gasteiger partial charge in [0.2, 0.25) is 11.8 Å². The Morgan fingerprint density at radius 3 is 2.08 bits per heavy atom. The Morgan fingerprint density at radius 2 is 1.50 bits per heavy atom. The monoisotopic (exact) mass is 623 g/mol. The number of anilines is 1. The standard InChI is InChI=1S/C29H32Cl3N3O4S/c1-5-20(3)33-29(37)21(4)34(17-24-25(31)10-8-11-26(24)32)28(36)18-35(27-12-7-6-9-19(27)2)40(38,39)23-15-13-22(30)14-16-23/h6-16,20-21H,5,17-18H2,1-4H3,(H,33,37)/t20-,21+/m0/s1. The van der Waals surface area contributed by atoms with E-state index in [1.165, 1.54) is 29.2 Å². The summed E-state index contributed by atoms with van der Waals surface area (Å²) in [6.07, 6.45) is 0.698. The van der Waals surface area contributed by atoms with Crippen LogP contribution in [0.5, 0.6) is 0 Å². The first-order valence-corrected chi connectivity index (χ1v) is 15.3. The van der Waals surface area contributed by atoms with Gasteiger partial charge in [-0.25, -0.2) is 8.42 Å². The second kappa shape index (κ2) is 13.7. The molecule has 0 aliphatic rings. The smallest absolute Gasteiger partial charge is 0.264 e. The van der Waals surface area contributed by atoms with Gasteiger partial charge in [-0.2, -0.15) is 0 Å². The first-order chi connectivity index (χ1) is 18.9. The van der Waals surface area contributed by atoms with Gasteiger partial charge >= 0.3 is 0 Å². The second-order valence-corrected chi connectivity index (χ2v) is 12.6. The first-order valence-electron chi connectivity index (χ1n) is 12.7. The number of para-hydroxylation sites is 1. The average molecular weight is 625 g/mol. The molecule has 0 saturated carbocycles. The highest BCUT2D eigenvalue weighted by molar-refractivity contribution is 7.92. The minimum Gasteiger partial charge on any atom is -0.352 e. The summed E-state index contributed by atoms with van der Waals surface area (Å²) in [6.45, 7) is 6.47. The van der Waals surface area contributed by atoms with Crippen molar-refractivity contribution in [1.29, 1.82) is 0 Å². The van der Waals surface area contributed by atoms with Gasteiger partial charge in [-0.15, -0.1) is 0 Å². The van der Waals surface area contributed by atoms with Crippen LogP contribution in [0, 0.1) is 6.92 Å². The molecule has 40 heavy (non-hydrogen) atoms. The number of nitrogens with one attached hydrogen (secondary N) is 1. The Hall–Kier alpha value is -2.78. The number of hydrogen-bond acceptors (Lipinski definition) is 4. The van der Waals surface area contributed by atoms with E-state index in [2.05, 4.69) is 5.32 Å². The molecule has 0 bridgehead atoms. The number of benzene rings is 3. The highest BCUT2D eigenvalue weighted by Gasteiger charge is 2.33. The number of carbonyl (C=O) groups is 2. The van der Waals surface area contributed by atoms with E-state index in [9.17, 15) is 18.0 Å². The van der Waals surface area contributed by atoms with Crippen LogP contribution in [0.25, 0.3) is 0 Å². The van der Waals surface area contributed by atoms with Crippen LogP contribution in [-0.2, 0) is 26.2 Å². The maximum atomic E-state index is 14.0. The summed E-state index contributed by atoms with van der Waals surface area (Å²) in [6, 6.07) is 16.5. The Kier molecular flexibility index (Phi) is 10.9. The van der Waals surface area contributed by atoms with E-state index in [0.29, 0.717) is 38.3 Å². The number of rotatable bonds is 11. The predicted octanol–water partition coefficient (Wildman–Crippen LogP) is 6.48. The van der Waals surface area contributed by atoms with Gasteiger partial charge in [0.25, 0.3) is 10.0 Å². The molecule has 0 saturated heterocycles. The van der Waals surface area contributed by atoms with Crippen LogP contribution in [0.4, 0.5) is 5.69 Å². The van der Waals surface area contributed by atoms with Crippen molar-refractivity contribution in [2.24, 2.45) is 0 Å². The van der Waals surface area contributed by atoms with Crippen molar-refractivity contribution < 1.29 is 18.0 Å². The van der Waals surface area contributed by atoms with E-state index >= 15 is 0 Å². The molecule has 0 aliphatic heterocycles. The lowest BCUT2D eigenvalue weighted by atomic mass is 10.1. The average Bonchev–Trinajstić information content (AvgIpc) is 2.91. The van der Waals surface area contributed by atoms with Crippen molar-refractivity contribution in [3.63, 3.8) is 0 Å². The van der Waals surface area contributed by atoms with Gasteiger partial charge in [0.15, 0.2) is 0 Å². The molecule has 3 rings (SSSR count). The van der Waals surface area contributed by atoms with Crippen LogP contribution < -0.4 is 9.62 Å². The van der Waals surface area contributed by atoms with Gasteiger partial charge in [0, 0.05) is 33.2 Å². The zero-order valence-electron chi connectivity index (χ0n) is 22.7. The third-order valence-corrected chi connectivity index (χ3v) is 9.36.